The number of rotatable bonds is 8. The van der Waals surface area contributed by atoms with Crippen LogP contribution in [0, 0.1) is 0 Å². The smallest absolute Gasteiger partial charge is 0.242 e. The van der Waals surface area contributed by atoms with Gasteiger partial charge in [-0.3, -0.25) is 9.98 Å². The van der Waals surface area contributed by atoms with Crippen LogP contribution in [0.5, 0.6) is 0 Å². The van der Waals surface area contributed by atoms with Gasteiger partial charge in [0.15, 0.2) is 5.96 Å². The maximum Gasteiger partial charge on any atom is 0.242 e. The number of thioether (sulfide) groups is 1. The molecule has 1 fully saturated rings. The summed E-state index contributed by atoms with van der Waals surface area (Å²) in [6.45, 7) is 6.50. The summed E-state index contributed by atoms with van der Waals surface area (Å²) in [7, 11) is -3.52. The normalized spacial score (nSPS) is 20.5. The van der Waals surface area contributed by atoms with Crippen molar-refractivity contribution in [2.75, 3.05) is 31.9 Å². The molecule has 2 heterocycles. The fourth-order valence-corrected chi connectivity index (χ4v) is 4.73. The van der Waals surface area contributed by atoms with Crippen molar-refractivity contribution in [3.05, 3.63) is 24.5 Å². The minimum absolute atomic E-state index is 0. The molecule has 148 valence electrons. The van der Waals surface area contributed by atoms with E-state index >= 15 is 0 Å². The van der Waals surface area contributed by atoms with E-state index in [0.29, 0.717) is 6.54 Å². The summed E-state index contributed by atoms with van der Waals surface area (Å²) >= 11 is 1.97. The molecule has 0 bridgehead atoms. The zero-order chi connectivity index (χ0) is 18.2. The Labute approximate surface area is 177 Å². The van der Waals surface area contributed by atoms with Crippen LogP contribution < -0.4 is 15.4 Å². The molecule has 0 spiro atoms. The van der Waals surface area contributed by atoms with Crippen molar-refractivity contribution in [1.82, 2.24) is 20.3 Å². The number of sulfonamides is 1. The van der Waals surface area contributed by atoms with Gasteiger partial charge >= 0.3 is 0 Å². The molecule has 1 aliphatic rings. The van der Waals surface area contributed by atoms with Gasteiger partial charge < -0.3 is 10.6 Å². The van der Waals surface area contributed by atoms with Crippen molar-refractivity contribution in [1.29, 1.82) is 0 Å². The maximum absolute atomic E-state index is 12.1. The Morgan fingerprint density at radius 1 is 1.38 bits per heavy atom. The highest BCUT2D eigenvalue weighted by atomic mass is 127. The summed E-state index contributed by atoms with van der Waals surface area (Å²) in [5, 5.41) is 6.37. The predicted molar refractivity (Wildman–Crippen MR) is 119 cm³/mol. The van der Waals surface area contributed by atoms with Crippen LogP contribution >= 0.6 is 35.7 Å². The number of aromatic nitrogens is 1. The van der Waals surface area contributed by atoms with Gasteiger partial charge in [0.2, 0.25) is 10.0 Å². The van der Waals surface area contributed by atoms with Crippen LogP contribution in [0.4, 0.5) is 0 Å². The molecule has 7 nitrogen and oxygen atoms in total. The number of guanidine groups is 1. The number of hydrogen-bond acceptors (Lipinski definition) is 5. The molecule has 26 heavy (non-hydrogen) atoms. The van der Waals surface area contributed by atoms with Crippen LogP contribution in [-0.4, -0.2) is 56.0 Å². The average molecular weight is 513 g/mol. The van der Waals surface area contributed by atoms with Crippen molar-refractivity contribution >= 4 is 51.7 Å². The number of nitrogens with one attached hydrogen (secondary N) is 3. The van der Waals surface area contributed by atoms with Crippen LogP contribution in [0.15, 0.2) is 34.4 Å². The number of nitrogens with zero attached hydrogens (tertiary/aromatic N) is 2. The van der Waals surface area contributed by atoms with Gasteiger partial charge in [0.25, 0.3) is 0 Å². The molecule has 1 aromatic rings. The Morgan fingerprint density at radius 3 is 2.81 bits per heavy atom. The van der Waals surface area contributed by atoms with Crippen LogP contribution in [0.1, 0.15) is 26.7 Å². The molecular weight excluding hydrogens is 485 g/mol. The largest absolute Gasteiger partial charge is 0.357 e. The minimum atomic E-state index is -3.52. The zero-order valence-corrected chi connectivity index (χ0v) is 19.2. The molecule has 0 saturated carbocycles. The summed E-state index contributed by atoms with van der Waals surface area (Å²) in [6, 6.07) is 3.12. The lowest BCUT2D eigenvalue weighted by atomic mass is 10.1. The lowest BCUT2D eigenvalue weighted by Crippen LogP contribution is -2.42. The van der Waals surface area contributed by atoms with Gasteiger partial charge in [-0.25, -0.2) is 13.1 Å². The van der Waals surface area contributed by atoms with Crippen LogP contribution in [0.3, 0.4) is 0 Å². The summed E-state index contributed by atoms with van der Waals surface area (Å²) in [6.07, 6.45) is 5.31. The third-order valence-electron chi connectivity index (χ3n) is 3.87. The first kappa shape index (κ1) is 23.4. The zero-order valence-electron chi connectivity index (χ0n) is 15.2. The second-order valence-electron chi connectivity index (χ2n) is 6.11. The summed E-state index contributed by atoms with van der Waals surface area (Å²) in [5.41, 5.74) is 0. The lowest BCUT2D eigenvalue weighted by Gasteiger charge is -2.21. The number of pyridine rings is 1. The van der Waals surface area contributed by atoms with Crippen molar-refractivity contribution in [3.63, 3.8) is 0 Å². The van der Waals surface area contributed by atoms with E-state index in [4.69, 9.17) is 0 Å². The molecule has 1 saturated heterocycles. The lowest BCUT2D eigenvalue weighted by molar-refractivity contribution is 0.580. The molecule has 1 aromatic heterocycles. The van der Waals surface area contributed by atoms with E-state index in [-0.39, 0.29) is 40.2 Å². The van der Waals surface area contributed by atoms with E-state index < -0.39 is 10.0 Å². The average Bonchev–Trinajstić information content (AvgIpc) is 3.04. The first-order valence-electron chi connectivity index (χ1n) is 8.51. The topological polar surface area (TPSA) is 95.5 Å². The Hall–Kier alpha value is -0.590. The molecule has 0 amide bonds. The van der Waals surface area contributed by atoms with E-state index in [2.05, 4.69) is 32.3 Å². The summed E-state index contributed by atoms with van der Waals surface area (Å²) in [5.74, 6) is 1.92. The van der Waals surface area contributed by atoms with Crippen LogP contribution in [-0.2, 0) is 10.0 Å². The monoisotopic (exact) mass is 513 g/mol. The van der Waals surface area contributed by atoms with Gasteiger partial charge in [-0.1, -0.05) is 0 Å². The second-order valence-corrected chi connectivity index (χ2v) is 9.56. The first-order valence-corrected chi connectivity index (χ1v) is 11.0. The van der Waals surface area contributed by atoms with E-state index in [1.165, 1.54) is 30.9 Å². The van der Waals surface area contributed by atoms with E-state index in [1.54, 1.807) is 12.3 Å². The highest BCUT2D eigenvalue weighted by molar-refractivity contribution is 14.0. The molecular formula is C16H28IN5O2S2. The molecule has 1 aliphatic heterocycles. The SMILES string of the molecule is CCNC(=NCC1(C)CCCS1)NCCNS(=O)(=O)c1cccnc1.I. The summed E-state index contributed by atoms with van der Waals surface area (Å²) in [4.78, 5) is 8.65. The Kier molecular flexibility index (Phi) is 10.2. The molecule has 2 rings (SSSR count). The molecule has 0 aromatic carbocycles. The van der Waals surface area contributed by atoms with Crippen molar-refractivity contribution < 1.29 is 8.42 Å². The molecule has 10 heteroatoms. The van der Waals surface area contributed by atoms with Gasteiger partial charge in [-0.2, -0.15) is 11.8 Å². The van der Waals surface area contributed by atoms with E-state index in [0.717, 1.165) is 19.0 Å². The van der Waals surface area contributed by atoms with Gasteiger partial charge in [-0.05, 0) is 44.6 Å². The number of aliphatic imine (C=N–C) groups is 1. The molecule has 0 aliphatic carbocycles. The van der Waals surface area contributed by atoms with Crippen LogP contribution in [0.25, 0.3) is 0 Å². The van der Waals surface area contributed by atoms with Gasteiger partial charge in [0.05, 0.1) is 6.54 Å². The first-order chi connectivity index (χ1) is 12.0. The third kappa shape index (κ3) is 7.57. The Bertz CT molecular complexity index is 664. The second kappa shape index (κ2) is 11.3. The predicted octanol–water partition coefficient (Wildman–Crippen LogP) is 1.82. The van der Waals surface area contributed by atoms with Crippen molar-refractivity contribution in [2.45, 2.75) is 36.3 Å². The van der Waals surface area contributed by atoms with E-state index in [1.807, 2.05) is 18.7 Å². The minimum Gasteiger partial charge on any atom is -0.357 e. The van der Waals surface area contributed by atoms with Gasteiger partial charge in [-0.15, -0.1) is 24.0 Å². The third-order valence-corrected chi connectivity index (χ3v) is 6.84. The standard InChI is InChI=1S/C16H27N5O2S2.HI/c1-3-18-15(20-13-16(2)7-5-11-24-16)19-9-10-21-25(22,23)14-6-4-8-17-12-14;/h4,6,8,12,21H,3,5,7,9-11,13H2,1-2H3,(H2,18,19,20);1H. The fourth-order valence-electron chi connectivity index (χ4n) is 2.51. The highest BCUT2D eigenvalue weighted by Gasteiger charge is 2.29. The summed E-state index contributed by atoms with van der Waals surface area (Å²) < 4.78 is 27.0. The Morgan fingerprint density at radius 2 is 2.19 bits per heavy atom. The van der Waals surface area contributed by atoms with Crippen molar-refractivity contribution in [3.8, 4) is 0 Å². The highest BCUT2D eigenvalue weighted by Crippen LogP contribution is 2.37. The maximum atomic E-state index is 12.1. The number of halogens is 1. The Balaban J connectivity index is 0.00000338. The molecule has 3 N–H and O–H groups in total. The quantitative estimate of drug-likeness (QED) is 0.213. The molecule has 1 unspecified atom stereocenters. The van der Waals surface area contributed by atoms with Gasteiger partial charge in [0, 0.05) is 36.8 Å². The van der Waals surface area contributed by atoms with Crippen molar-refractivity contribution in [2.24, 2.45) is 4.99 Å². The fraction of sp³-hybridized carbons (Fsp3) is 0.625. The van der Waals surface area contributed by atoms with E-state index in [9.17, 15) is 8.42 Å². The molecule has 1 atom stereocenters. The van der Waals surface area contributed by atoms with Gasteiger partial charge in [0.1, 0.15) is 4.90 Å². The van der Waals surface area contributed by atoms with Crippen LogP contribution in [0.2, 0.25) is 0 Å². The molecule has 0 radical (unpaired) electrons. The number of hydrogen-bond donors (Lipinski definition) is 3.